The van der Waals surface area contributed by atoms with E-state index in [4.69, 9.17) is 5.73 Å². The van der Waals surface area contributed by atoms with Gasteiger partial charge in [-0.25, -0.2) is 4.39 Å². The largest absolute Gasteiger partial charge is 0.379 e. The van der Waals surface area contributed by atoms with Gasteiger partial charge >= 0.3 is 0 Å². The van der Waals surface area contributed by atoms with Gasteiger partial charge in [0.15, 0.2) is 5.17 Å². The highest BCUT2D eigenvalue weighted by Gasteiger charge is 2.32. The normalized spacial score (nSPS) is 20.9. The van der Waals surface area contributed by atoms with E-state index < -0.39 is 5.54 Å². The fourth-order valence-corrected chi connectivity index (χ4v) is 3.54. The van der Waals surface area contributed by atoms with Crippen molar-refractivity contribution in [1.82, 2.24) is 4.98 Å². The highest BCUT2D eigenvalue weighted by molar-refractivity contribution is 8.13. The molecule has 2 heterocycles. The maximum Gasteiger partial charge on any atom is 0.257 e. The first kappa shape index (κ1) is 15.6. The second-order valence-corrected chi connectivity index (χ2v) is 6.69. The molecule has 5 nitrogen and oxygen atoms in total. The van der Waals surface area contributed by atoms with Crippen LogP contribution in [0.25, 0.3) is 0 Å². The highest BCUT2D eigenvalue weighted by Crippen LogP contribution is 2.37. The van der Waals surface area contributed by atoms with Gasteiger partial charge in [0.1, 0.15) is 5.82 Å². The molecule has 1 aliphatic heterocycles. The Bertz CT molecular complexity index is 759. The lowest BCUT2D eigenvalue weighted by atomic mass is 9.89. The lowest BCUT2D eigenvalue weighted by Crippen LogP contribution is -2.29. The number of nitrogens with zero attached hydrogens (tertiary/aromatic N) is 1. The number of amides is 1. The van der Waals surface area contributed by atoms with Crippen LogP contribution in [0.5, 0.6) is 0 Å². The van der Waals surface area contributed by atoms with Gasteiger partial charge in [0.25, 0.3) is 5.91 Å². The van der Waals surface area contributed by atoms with Crippen molar-refractivity contribution in [3.63, 3.8) is 0 Å². The smallest absolute Gasteiger partial charge is 0.257 e. The number of carbonyl (C=O) groups excluding carboxylic acids is 1. The van der Waals surface area contributed by atoms with Crippen LogP contribution in [-0.2, 0) is 5.54 Å². The molecule has 1 aromatic heterocycles. The zero-order valence-electron chi connectivity index (χ0n) is 12.6. The van der Waals surface area contributed by atoms with Crippen molar-refractivity contribution < 1.29 is 9.18 Å². The van der Waals surface area contributed by atoms with Gasteiger partial charge in [-0.05, 0) is 37.6 Å². The number of carbonyl (C=O) groups is 1. The Morgan fingerprint density at radius 2 is 2.30 bits per heavy atom. The quantitative estimate of drug-likeness (QED) is 0.808. The van der Waals surface area contributed by atoms with E-state index in [-0.39, 0.29) is 11.7 Å². The van der Waals surface area contributed by atoms with Crippen LogP contribution in [0, 0.1) is 5.82 Å². The van der Waals surface area contributed by atoms with Crippen LogP contribution in [0.2, 0.25) is 0 Å². The summed E-state index contributed by atoms with van der Waals surface area (Å²) in [5, 5.41) is 3.23. The minimum Gasteiger partial charge on any atom is -0.379 e. The molecule has 2 aromatic rings. The number of H-pyrrole nitrogens is 1. The summed E-state index contributed by atoms with van der Waals surface area (Å²) in [6, 6.07) is 6.19. The molecule has 0 bridgehead atoms. The van der Waals surface area contributed by atoms with Crippen molar-refractivity contribution in [3.05, 3.63) is 53.6 Å². The lowest BCUT2D eigenvalue weighted by Gasteiger charge is -2.30. The summed E-state index contributed by atoms with van der Waals surface area (Å²) in [6.45, 7) is 1.86. The Labute approximate surface area is 137 Å². The van der Waals surface area contributed by atoms with Crippen molar-refractivity contribution in [3.8, 4) is 0 Å². The van der Waals surface area contributed by atoms with Crippen LogP contribution in [-0.4, -0.2) is 21.8 Å². The predicted octanol–water partition coefficient (Wildman–Crippen LogP) is 3.07. The number of nitrogens with one attached hydrogen (secondary N) is 2. The molecule has 1 aliphatic rings. The van der Waals surface area contributed by atoms with Gasteiger partial charge in [0.05, 0.1) is 11.1 Å². The number of amidine groups is 1. The number of aromatic amines is 1. The number of benzene rings is 1. The van der Waals surface area contributed by atoms with E-state index in [9.17, 15) is 9.18 Å². The lowest BCUT2D eigenvalue weighted by molar-refractivity contribution is 0.102. The molecule has 3 rings (SSSR count). The summed E-state index contributed by atoms with van der Waals surface area (Å²) in [4.78, 5) is 19.3. The summed E-state index contributed by atoms with van der Waals surface area (Å²) in [6.07, 6.45) is 3.96. The van der Waals surface area contributed by atoms with Gasteiger partial charge < -0.3 is 16.0 Å². The van der Waals surface area contributed by atoms with E-state index in [0.29, 0.717) is 28.4 Å². The molecule has 0 saturated carbocycles. The second-order valence-electron chi connectivity index (χ2n) is 5.57. The molecule has 0 fully saturated rings. The van der Waals surface area contributed by atoms with Gasteiger partial charge in [0.2, 0.25) is 0 Å². The Morgan fingerprint density at radius 1 is 1.48 bits per heavy atom. The Morgan fingerprint density at radius 3 is 3.00 bits per heavy atom. The van der Waals surface area contributed by atoms with Crippen LogP contribution >= 0.6 is 11.8 Å². The number of rotatable bonds is 3. The minimum absolute atomic E-state index is 0.254. The first-order chi connectivity index (χ1) is 11.0. The van der Waals surface area contributed by atoms with Crippen molar-refractivity contribution in [2.24, 2.45) is 10.7 Å². The number of hydrogen-bond donors (Lipinski definition) is 3. The first-order valence-corrected chi connectivity index (χ1v) is 8.19. The molecule has 1 amide bonds. The van der Waals surface area contributed by atoms with Crippen molar-refractivity contribution in [1.29, 1.82) is 0 Å². The molecule has 23 heavy (non-hydrogen) atoms. The summed E-state index contributed by atoms with van der Waals surface area (Å²) in [5.41, 5.74) is 6.56. The SMILES string of the molecule is CC1(c2cc(NC(=O)c3cc[nH]c3)ccc2F)CCSC(N)=N1. The zero-order valence-corrected chi connectivity index (χ0v) is 13.4. The molecule has 120 valence electrons. The van der Waals surface area contributed by atoms with E-state index in [1.54, 1.807) is 24.5 Å². The van der Waals surface area contributed by atoms with Gasteiger partial charge in [0, 0.05) is 29.4 Å². The van der Waals surface area contributed by atoms with Gasteiger partial charge in [-0.15, -0.1) is 0 Å². The number of anilines is 1. The number of halogens is 1. The molecule has 0 saturated heterocycles. The van der Waals surface area contributed by atoms with Crippen LogP contribution in [0.15, 0.2) is 41.7 Å². The van der Waals surface area contributed by atoms with E-state index in [1.807, 2.05) is 6.92 Å². The van der Waals surface area contributed by atoms with Crippen molar-refractivity contribution in [2.75, 3.05) is 11.1 Å². The van der Waals surface area contributed by atoms with E-state index in [1.165, 1.54) is 23.9 Å². The number of thioether (sulfide) groups is 1. The average molecular weight is 332 g/mol. The molecular weight excluding hydrogens is 315 g/mol. The number of aliphatic imine (C=N–C) groups is 1. The molecule has 0 spiro atoms. The van der Waals surface area contributed by atoms with Gasteiger partial charge in [-0.1, -0.05) is 11.8 Å². The Kier molecular flexibility index (Phi) is 4.12. The number of aromatic nitrogens is 1. The second kappa shape index (κ2) is 6.08. The molecule has 7 heteroatoms. The molecule has 4 N–H and O–H groups in total. The predicted molar refractivity (Wildman–Crippen MR) is 91.2 cm³/mol. The van der Waals surface area contributed by atoms with Crippen LogP contribution in [0.4, 0.5) is 10.1 Å². The van der Waals surface area contributed by atoms with Crippen molar-refractivity contribution >= 4 is 28.5 Å². The molecule has 1 atom stereocenters. The topological polar surface area (TPSA) is 83.3 Å². The molecule has 1 unspecified atom stereocenters. The molecule has 0 radical (unpaired) electrons. The third-order valence-corrected chi connectivity index (χ3v) is 4.66. The number of hydrogen-bond acceptors (Lipinski definition) is 4. The maximum absolute atomic E-state index is 14.3. The monoisotopic (exact) mass is 332 g/mol. The summed E-state index contributed by atoms with van der Waals surface area (Å²) in [5.74, 6) is 0.178. The zero-order chi connectivity index (χ0) is 16.4. The van der Waals surface area contributed by atoms with Gasteiger partial charge in [-0.3, -0.25) is 9.79 Å². The fourth-order valence-electron chi connectivity index (χ4n) is 2.56. The highest BCUT2D eigenvalue weighted by atomic mass is 32.2. The van der Waals surface area contributed by atoms with E-state index in [0.717, 1.165) is 5.75 Å². The third-order valence-electron chi connectivity index (χ3n) is 3.86. The Balaban J connectivity index is 1.90. The molecule has 0 aliphatic carbocycles. The average Bonchev–Trinajstić information content (AvgIpc) is 3.03. The third kappa shape index (κ3) is 3.24. The maximum atomic E-state index is 14.3. The van der Waals surface area contributed by atoms with Crippen LogP contribution in [0.3, 0.4) is 0 Å². The summed E-state index contributed by atoms with van der Waals surface area (Å²) >= 11 is 1.47. The van der Waals surface area contributed by atoms with Crippen LogP contribution in [0.1, 0.15) is 29.3 Å². The molecular formula is C16H17FN4OS. The molecule has 1 aromatic carbocycles. The van der Waals surface area contributed by atoms with Crippen LogP contribution < -0.4 is 11.1 Å². The Hall–Kier alpha value is -2.28. The summed E-state index contributed by atoms with van der Waals surface area (Å²) in [7, 11) is 0. The fraction of sp³-hybridized carbons (Fsp3) is 0.250. The summed E-state index contributed by atoms with van der Waals surface area (Å²) < 4.78 is 14.3. The standard InChI is InChI=1S/C16H17FN4OS/c1-16(5-7-23-15(18)21-16)12-8-11(2-3-13(12)17)20-14(22)10-4-6-19-9-10/h2-4,6,8-9,19H,5,7H2,1H3,(H2,18,21)(H,20,22). The van der Waals surface area contributed by atoms with E-state index >= 15 is 0 Å². The van der Waals surface area contributed by atoms with E-state index in [2.05, 4.69) is 15.3 Å². The van der Waals surface area contributed by atoms with Crippen molar-refractivity contribution in [2.45, 2.75) is 18.9 Å². The minimum atomic E-state index is -0.714. The van der Waals surface area contributed by atoms with Gasteiger partial charge in [-0.2, -0.15) is 0 Å². The first-order valence-electron chi connectivity index (χ1n) is 7.20. The number of nitrogens with two attached hydrogens (primary N) is 1.